The number of hydrogen-bond donors (Lipinski definition) is 2. The molecule has 196 valence electrons. The average Bonchev–Trinajstić information content (AvgIpc) is 2.89. The molecule has 0 aliphatic carbocycles. The zero-order chi connectivity index (χ0) is 27.4. The van der Waals surface area contributed by atoms with Gasteiger partial charge in [0.2, 0.25) is 10.0 Å². The number of amides is 1. The second-order valence-corrected chi connectivity index (χ2v) is 10.8. The summed E-state index contributed by atoms with van der Waals surface area (Å²) in [6.07, 6.45) is 0. The molecule has 38 heavy (non-hydrogen) atoms. The molecule has 10 heteroatoms. The van der Waals surface area contributed by atoms with E-state index in [9.17, 15) is 18.3 Å². The van der Waals surface area contributed by atoms with Crippen LogP contribution in [0.3, 0.4) is 0 Å². The van der Waals surface area contributed by atoms with E-state index in [-0.39, 0.29) is 21.9 Å². The van der Waals surface area contributed by atoms with Gasteiger partial charge in [-0.05, 0) is 55.1 Å². The van der Waals surface area contributed by atoms with Crippen LogP contribution in [-0.4, -0.2) is 44.4 Å². The third-order valence-electron chi connectivity index (χ3n) is 5.89. The summed E-state index contributed by atoms with van der Waals surface area (Å²) in [5, 5.41) is 23.8. The summed E-state index contributed by atoms with van der Waals surface area (Å²) in [5.74, 6) is -0.396. The predicted octanol–water partition coefficient (Wildman–Crippen LogP) is 6.17. The molecule has 0 saturated carbocycles. The fraction of sp³-hybridized carbons (Fsp3) is 0.179. The fourth-order valence-electron chi connectivity index (χ4n) is 3.80. The maximum absolute atomic E-state index is 13.3. The van der Waals surface area contributed by atoms with Gasteiger partial charge in [0.05, 0.1) is 28.4 Å². The molecule has 0 heterocycles. The lowest BCUT2D eigenvalue weighted by molar-refractivity contribution is 0.102. The minimum atomic E-state index is -3.68. The maximum atomic E-state index is 13.3. The van der Waals surface area contributed by atoms with E-state index in [1.165, 1.54) is 26.2 Å². The Morgan fingerprint density at radius 2 is 1.71 bits per heavy atom. The average molecular weight is 533 g/mol. The highest BCUT2D eigenvalue weighted by atomic mass is 32.2. The van der Waals surface area contributed by atoms with Crippen LogP contribution >= 0.6 is 0 Å². The third-order valence-corrected chi connectivity index (χ3v) is 7.70. The van der Waals surface area contributed by atoms with E-state index in [2.05, 4.69) is 15.5 Å². The molecule has 0 saturated heterocycles. The van der Waals surface area contributed by atoms with Gasteiger partial charge in [0.25, 0.3) is 5.91 Å². The number of phenolic OH excluding ortho intramolecular Hbond substituents is 1. The van der Waals surface area contributed by atoms with Gasteiger partial charge in [-0.3, -0.25) is 4.79 Å². The van der Waals surface area contributed by atoms with Crippen molar-refractivity contribution in [3.63, 3.8) is 0 Å². The number of aryl methyl sites for hydroxylation is 1. The number of hydrogen-bond acceptors (Lipinski definition) is 7. The molecule has 0 unspecified atom stereocenters. The van der Waals surface area contributed by atoms with E-state index in [0.717, 1.165) is 4.31 Å². The number of anilines is 1. The number of para-hydroxylation sites is 2. The van der Waals surface area contributed by atoms with Crippen molar-refractivity contribution < 1.29 is 23.1 Å². The van der Waals surface area contributed by atoms with Gasteiger partial charge in [0, 0.05) is 19.5 Å². The Labute approximate surface area is 221 Å². The first kappa shape index (κ1) is 26.8. The summed E-state index contributed by atoms with van der Waals surface area (Å²) in [7, 11) is -0.782. The van der Waals surface area contributed by atoms with Gasteiger partial charge >= 0.3 is 0 Å². The maximum Gasteiger partial charge on any atom is 0.259 e. The Hall–Kier alpha value is -4.28. The van der Waals surface area contributed by atoms with Gasteiger partial charge in [0.1, 0.15) is 11.4 Å². The van der Waals surface area contributed by atoms with Crippen molar-refractivity contribution in [1.29, 1.82) is 0 Å². The van der Waals surface area contributed by atoms with Crippen molar-refractivity contribution in [3.8, 4) is 11.5 Å². The molecule has 0 radical (unpaired) electrons. The molecule has 4 aromatic carbocycles. The summed E-state index contributed by atoms with van der Waals surface area (Å²) in [5.41, 5.74) is 1.56. The number of rotatable bonds is 8. The number of nitrogens with one attached hydrogen (secondary N) is 1. The van der Waals surface area contributed by atoms with Crippen molar-refractivity contribution in [2.45, 2.75) is 18.7 Å². The standard InChI is InChI=1S/C28H28N4O5S/c1-5-37-25-13-9-8-12-23(25)29-28(34)22-16-19-10-6-7-11-21(19)26(27(22)33)31-30-24-17-20(15-14-18(24)2)38(35,36)32(3)4/h6-17,33H,5H2,1-4H3,(H,29,34). The lowest BCUT2D eigenvalue weighted by Crippen LogP contribution is -2.22. The van der Waals surface area contributed by atoms with Crippen LogP contribution in [0, 0.1) is 6.92 Å². The van der Waals surface area contributed by atoms with Gasteiger partial charge in [-0.15, -0.1) is 5.11 Å². The molecule has 2 N–H and O–H groups in total. The summed E-state index contributed by atoms with van der Waals surface area (Å²) < 4.78 is 31.9. The highest BCUT2D eigenvalue weighted by molar-refractivity contribution is 7.89. The van der Waals surface area contributed by atoms with E-state index in [1.807, 2.05) is 13.0 Å². The minimum absolute atomic E-state index is 0.00427. The molecule has 0 atom stereocenters. The van der Waals surface area contributed by atoms with Crippen LogP contribution in [0.1, 0.15) is 22.8 Å². The van der Waals surface area contributed by atoms with Crippen molar-refractivity contribution in [2.75, 3.05) is 26.0 Å². The van der Waals surface area contributed by atoms with Crippen LogP contribution in [0.4, 0.5) is 17.1 Å². The first-order valence-corrected chi connectivity index (χ1v) is 13.3. The lowest BCUT2D eigenvalue weighted by atomic mass is 10.0. The number of benzene rings is 4. The summed E-state index contributed by atoms with van der Waals surface area (Å²) in [4.78, 5) is 13.3. The monoisotopic (exact) mass is 532 g/mol. The molecule has 4 rings (SSSR count). The van der Waals surface area contributed by atoms with Crippen LogP contribution in [0.5, 0.6) is 11.5 Å². The third kappa shape index (κ3) is 5.36. The number of carbonyl (C=O) groups excluding carboxylic acids is 1. The van der Waals surface area contributed by atoms with Gasteiger partial charge < -0.3 is 15.2 Å². The Balaban J connectivity index is 1.78. The number of fused-ring (bicyclic) bond motifs is 1. The molecule has 0 aromatic heterocycles. The Morgan fingerprint density at radius 1 is 1.00 bits per heavy atom. The van der Waals surface area contributed by atoms with Crippen LogP contribution < -0.4 is 10.1 Å². The van der Waals surface area contributed by atoms with Crippen molar-refractivity contribution in [1.82, 2.24) is 4.31 Å². The fourth-order valence-corrected chi connectivity index (χ4v) is 4.73. The second-order valence-electron chi connectivity index (χ2n) is 8.66. The van der Waals surface area contributed by atoms with Gasteiger partial charge in [-0.2, -0.15) is 5.11 Å². The number of nitrogens with zero attached hydrogens (tertiary/aromatic N) is 3. The number of ether oxygens (including phenoxy) is 1. The predicted molar refractivity (Wildman–Crippen MR) is 147 cm³/mol. The van der Waals surface area contributed by atoms with Crippen molar-refractivity contribution in [3.05, 3.63) is 83.9 Å². The van der Waals surface area contributed by atoms with E-state index in [0.29, 0.717) is 40.1 Å². The first-order valence-electron chi connectivity index (χ1n) is 11.9. The van der Waals surface area contributed by atoms with Crippen LogP contribution in [0.2, 0.25) is 0 Å². The number of azo groups is 1. The van der Waals surface area contributed by atoms with Crippen LogP contribution in [0.15, 0.2) is 87.9 Å². The van der Waals surface area contributed by atoms with Crippen molar-refractivity contribution >= 4 is 43.8 Å². The largest absolute Gasteiger partial charge is 0.505 e. The van der Waals surface area contributed by atoms with Gasteiger partial charge in [-0.25, -0.2) is 12.7 Å². The molecular formula is C28H28N4O5S. The SMILES string of the molecule is CCOc1ccccc1NC(=O)c1cc2ccccc2c(N=Nc2cc(S(=O)(=O)N(C)C)ccc2C)c1O. The van der Waals surface area contributed by atoms with Gasteiger partial charge in [-0.1, -0.05) is 42.5 Å². The normalized spacial score (nSPS) is 11.8. The Morgan fingerprint density at radius 3 is 2.45 bits per heavy atom. The summed E-state index contributed by atoms with van der Waals surface area (Å²) >= 11 is 0. The van der Waals surface area contributed by atoms with Crippen LogP contribution in [0.25, 0.3) is 10.8 Å². The van der Waals surface area contributed by atoms with Crippen molar-refractivity contribution in [2.24, 2.45) is 10.2 Å². The summed E-state index contributed by atoms with van der Waals surface area (Å²) in [6, 6.07) is 20.3. The Kier molecular flexibility index (Phi) is 7.75. The van der Waals surface area contributed by atoms with E-state index in [4.69, 9.17) is 4.74 Å². The highest BCUT2D eigenvalue weighted by Gasteiger charge is 2.21. The second kappa shape index (κ2) is 11.0. The topological polar surface area (TPSA) is 121 Å². The minimum Gasteiger partial charge on any atom is -0.505 e. The zero-order valence-corrected chi connectivity index (χ0v) is 22.3. The highest BCUT2D eigenvalue weighted by Crippen LogP contribution is 2.40. The molecule has 0 aliphatic rings. The molecule has 9 nitrogen and oxygen atoms in total. The number of carbonyl (C=O) groups is 1. The quantitative estimate of drug-likeness (QED) is 0.263. The van der Waals surface area contributed by atoms with E-state index in [1.54, 1.807) is 61.5 Å². The molecule has 0 bridgehead atoms. The molecule has 0 aliphatic heterocycles. The van der Waals surface area contributed by atoms with E-state index >= 15 is 0 Å². The zero-order valence-electron chi connectivity index (χ0n) is 21.5. The first-order chi connectivity index (χ1) is 18.1. The van der Waals surface area contributed by atoms with E-state index < -0.39 is 15.9 Å². The molecule has 4 aromatic rings. The Bertz CT molecular complexity index is 1650. The molecule has 0 spiro atoms. The number of phenols is 1. The molecular weight excluding hydrogens is 504 g/mol. The van der Waals surface area contributed by atoms with Crippen LogP contribution in [-0.2, 0) is 10.0 Å². The smallest absolute Gasteiger partial charge is 0.259 e. The van der Waals surface area contributed by atoms with Gasteiger partial charge in [0.15, 0.2) is 5.75 Å². The summed E-state index contributed by atoms with van der Waals surface area (Å²) in [6.45, 7) is 4.05. The number of aromatic hydroxyl groups is 1. The lowest BCUT2D eigenvalue weighted by Gasteiger charge is -2.14. The molecule has 1 amide bonds. The molecule has 0 fully saturated rings. The number of sulfonamides is 1.